The van der Waals surface area contributed by atoms with Crippen LogP contribution in [-0.2, 0) is 16.0 Å². The first-order valence-electron chi connectivity index (χ1n) is 7.22. The highest BCUT2D eigenvalue weighted by atomic mass is 16.2. The molecule has 0 bridgehead atoms. The standard InChI is InChI=1S/C18H20N2O2/c1-13-6-8-16(9-7-13)20-18(22)12-19-17(21)11-15-5-3-4-14(2)10-15/h3-10H,11-12H2,1-2H3,(H,19,21)(H,20,22). The van der Waals surface area contributed by atoms with Crippen molar-refractivity contribution >= 4 is 17.5 Å². The summed E-state index contributed by atoms with van der Waals surface area (Å²) >= 11 is 0. The number of benzene rings is 2. The Hall–Kier alpha value is -2.62. The first-order valence-corrected chi connectivity index (χ1v) is 7.22. The second-order valence-corrected chi connectivity index (χ2v) is 5.36. The molecule has 2 aromatic rings. The smallest absolute Gasteiger partial charge is 0.243 e. The zero-order valence-electron chi connectivity index (χ0n) is 12.8. The van der Waals surface area contributed by atoms with Crippen molar-refractivity contribution in [2.45, 2.75) is 20.3 Å². The van der Waals surface area contributed by atoms with Gasteiger partial charge in [0.25, 0.3) is 0 Å². The van der Waals surface area contributed by atoms with Gasteiger partial charge in [0.2, 0.25) is 11.8 Å². The monoisotopic (exact) mass is 296 g/mol. The summed E-state index contributed by atoms with van der Waals surface area (Å²) in [6, 6.07) is 15.3. The number of hydrogen-bond acceptors (Lipinski definition) is 2. The zero-order chi connectivity index (χ0) is 15.9. The molecule has 4 nitrogen and oxygen atoms in total. The van der Waals surface area contributed by atoms with Crippen molar-refractivity contribution in [3.05, 3.63) is 65.2 Å². The Morgan fingerprint density at radius 1 is 0.909 bits per heavy atom. The van der Waals surface area contributed by atoms with Crippen LogP contribution >= 0.6 is 0 Å². The van der Waals surface area contributed by atoms with Gasteiger partial charge in [-0.05, 0) is 31.5 Å². The molecule has 0 aliphatic rings. The first kappa shape index (κ1) is 15.8. The molecule has 0 aromatic heterocycles. The molecule has 2 rings (SSSR count). The Balaban J connectivity index is 1.78. The summed E-state index contributed by atoms with van der Waals surface area (Å²) in [6.07, 6.45) is 0.277. The van der Waals surface area contributed by atoms with Gasteiger partial charge in [0.15, 0.2) is 0 Å². The fraction of sp³-hybridized carbons (Fsp3) is 0.222. The van der Waals surface area contributed by atoms with E-state index in [1.807, 2.05) is 62.4 Å². The van der Waals surface area contributed by atoms with Gasteiger partial charge < -0.3 is 10.6 Å². The minimum Gasteiger partial charge on any atom is -0.347 e. The molecule has 2 amide bonds. The highest BCUT2D eigenvalue weighted by Crippen LogP contribution is 2.08. The number of rotatable bonds is 5. The Morgan fingerprint density at radius 2 is 1.64 bits per heavy atom. The van der Waals surface area contributed by atoms with E-state index in [9.17, 15) is 9.59 Å². The second-order valence-electron chi connectivity index (χ2n) is 5.36. The van der Waals surface area contributed by atoms with Crippen molar-refractivity contribution < 1.29 is 9.59 Å². The Bertz CT molecular complexity index is 663. The summed E-state index contributed by atoms with van der Waals surface area (Å²) in [5.74, 6) is -0.397. The molecule has 0 spiro atoms. The van der Waals surface area contributed by atoms with E-state index in [4.69, 9.17) is 0 Å². The molecule has 0 radical (unpaired) electrons. The van der Waals surface area contributed by atoms with E-state index in [1.165, 1.54) is 0 Å². The second kappa shape index (κ2) is 7.41. The van der Waals surface area contributed by atoms with Crippen LogP contribution in [0.1, 0.15) is 16.7 Å². The van der Waals surface area contributed by atoms with E-state index in [0.29, 0.717) is 0 Å². The Kier molecular flexibility index (Phi) is 5.31. The van der Waals surface area contributed by atoms with Gasteiger partial charge in [0, 0.05) is 5.69 Å². The van der Waals surface area contributed by atoms with Gasteiger partial charge in [0.05, 0.1) is 13.0 Å². The van der Waals surface area contributed by atoms with Crippen LogP contribution in [0.25, 0.3) is 0 Å². The van der Waals surface area contributed by atoms with Gasteiger partial charge in [-0.2, -0.15) is 0 Å². The molecule has 0 aliphatic heterocycles. The third-order valence-electron chi connectivity index (χ3n) is 3.23. The summed E-state index contributed by atoms with van der Waals surface area (Å²) in [6.45, 7) is 3.94. The van der Waals surface area contributed by atoms with Crippen molar-refractivity contribution in [2.75, 3.05) is 11.9 Å². The topological polar surface area (TPSA) is 58.2 Å². The lowest BCUT2D eigenvalue weighted by Gasteiger charge is -2.07. The maximum absolute atomic E-state index is 11.8. The minimum absolute atomic E-state index is 0.0292. The van der Waals surface area contributed by atoms with Crippen LogP contribution in [-0.4, -0.2) is 18.4 Å². The molecule has 22 heavy (non-hydrogen) atoms. The van der Waals surface area contributed by atoms with Crippen molar-refractivity contribution in [1.29, 1.82) is 0 Å². The van der Waals surface area contributed by atoms with E-state index in [2.05, 4.69) is 10.6 Å². The van der Waals surface area contributed by atoms with Gasteiger partial charge in [-0.3, -0.25) is 9.59 Å². The molecule has 0 aliphatic carbocycles. The average Bonchev–Trinajstić information content (AvgIpc) is 2.48. The van der Waals surface area contributed by atoms with Crippen LogP contribution in [0, 0.1) is 13.8 Å². The molecule has 2 N–H and O–H groups in total. The molecule has 0 atom stereocenters. The maximum atomic E-state index is 11.8. The van der Waals surface area contributed by atoms with Crippen LogP contribution in [0.4, 0.5) is 5.69 Å². The zero-order valence-corrected chi connectivity index (χ0v) is 12.8. The lowest BCUT2D eigenvalue weighted by molar-refractivity contribution is -0.123. The number of nitrogens with one attached hydrogen (secondary N) is 2. The lowest BCUT2D eigenvalue weighted by atomic mass is 10.1. The number of carbonyl (C=O) groups is 2. The number of carbonyl (C=O) groups excluding carboxylic acids is 2. The quantitative estimate of drug-likeness (QED) is 0.891. The molecule has 0 saturated carbocycles. The fourth-order valence-electron chi connectivity index (χ4n) is 2.09. The average molecular weight is 296 g/mol. The van der Waals surface area contributed by atoms with Gasteiger partial charge in [0.1, 0.15) is 0 Å². The number of amides is 2. The van der Waals surface area contributed by atoms with Gasteiger partial charge in [-0.15, -0.1) is 0 Å². The first-order chi connectivity index (χ1) is 10.5. The molecule has 114 valence electrons. The molecule has 2 aromatic carbocycles. The van der Waals surface area contributed by atoms with E-state index in [1.54, 1.807) is 0 Å². The predicted molar refractivity (Wildman–Crippen MR) is 87.7 cm³/mol. The molecule has 0 unspecified atom stereocenters. The van der Waals surface area contributed by atoms with E-state index >= 15 is 0 Å². The van der Waals surface area contributed by atoms with Crippen LogP contribution in [0.3, 0.4) is 0 Å². The summed E-state index contributed by atoms with van der Waals surface area (Å²) in [7, 11) is 0. The highest BCUT2D eigenvalue weighted by molar-refractivity contribution is 5.94. The molecule has 0 heterocycles. The lowest BCUT2D eigenvalue weighted by Crippen LogP contribution is -2.33. The number of aryl methyl sites for hydroxylation is 2. The summed E-state index contributed by atoms with van der Waals surface area (Å²) in [4.78, 5) is 23.6. The highest BCUT2D eigenvalue weighted by Gasteiger charge is 2.07. The normalized spacial score (nSPS) is 10.1. The van der Waals surface area contributed by atoms with Crippen LogP contribution < -0.4 is 10.6 Å². The molecular weight excluding hydrogens is 276 g/mol. The van der Waals surface area contributed by atoms with Crippen molar-refractivity contribution in [3.63, 3.8) is 0 Å². The number of hydrogen-bond donors (Lipinski definition) is 2. The largest absolute Gasteiger partial charge is 0.347 e. The SMILES string of the molecule is Cc1ccc(NC(=O)CNC(=O)Cc2cccc(C)c2)cc1. The molecule has 0 saturated heterocycles. The summed E-state index contributed by atoms with van der Waals surface area (Å²) in [5, 5.41) is 5.37. The summed E-state index contributed by atoms with van der Waals surface area (Å²) < 4.78 is 0. The van der Waals surface area contributed by atoms with Gasteiger partial charge in [-0.1, -0.05) is 47.5 Å². The van der Waals surface area contributed by atoms with Crippen molar-refractivity contribution in [2.24, 2.45) is 0 Å². The van der Waals surface area contributed by atoms with E-state index in [0.717, 1.165) is 22.4 Å². The summed E-state index contributed by atoms with van der Waals surface area (Å²) in [5.41, 5.74) is 3.91. The van der Waals surface area contributed by atoms with Crippen LogP contribution in [0.5, 0.6) is 0 Å². The van der Waals surface area contributed by atoms with E-state index in [-0.39, 0.29) is 24.8 Å². The number of anilines is 1. The van der Waals surface area contributed by atoms with Crippen LogP contribution in [0.15, 0.2) is 48.5 Å². The Morgan fingerprint density at radius 3 is 2.32 bits per heavy atom. The van der Waals surface area contributed by atoms with E-state index < -0.39 is 0 Å². The maximum Gasteiger partial charge on any atom is 0.243 e. The fourth-order valence-corrected chi connectivity index (χ4v) is 2.09. The Labute approximate surface area is 130 Å². The molecular formula is C18H20N2O2. The van der Waals surface area contributed by atoms with Crippen molar-refractivity contribution in [1.82, 2.24) is 5.32 Å². The van der Waals surface area contributed by atoms with Crippen LogP contribution in [0.2, 0.25) is 0 Å². The predicted octanol–water partition coefficient (Wildman–Crippen LogP) is 2.60. The third kappa shape index (κ3) is 5.05. The molecule has 4 heteroatoms. The third-order valence-corrected chi connectivity index (χ3v) is 3.23. The van der Waals surface area contributed by atoms with Gasteiger partial charge in [-0.25, -0.2) is 0 Å². The molecule has 0 fully saturated rings. The van der Waals surface area contributed by atoms with Gasteiger partial charge >= 0.3 is 0 Å². The van der Waals surface area contributed by atoms with Crippen molar-refractivity contribution in [3.8, 4) is 0 Å². The minimum atomic E-state index is -0.235.